The van der Waals surface area contributed by atoms with E-state index in [2.05, 4.69) is 15.0 Å². The van der Waals surface area contributed by atoms with Gasteiger partial charge in [0.15, 0.2) is 0 Å². The zero-order chi connectivity index (χ0) is 22.3. The summed E-state index contributed by atoms with van der Waals surface area (Å²) in [6, 6.07) is 12.7. The summed E-state index contributed by atoms with van der Waals surface area (Å²) < 4.78 is 27.9. The summed E-state index contributed by atoms with van der Waals surface area (Å²) in [5, 5.41) is 5.58. The molecule has 2 N–H and O–H groups in total. The van der Waals surface area contributed by atoms with E-state index in [0.29, 0.717) is 18.0 Å². The van der Waals surface area contributed by atoms with E-state index >= 15 is 0 Å². The SMILES string of the molecule is O=C(Cc1ccc2cncc(Cl)c2c1)[C@@H]1CC1c1ccc(S(=O)(=O)NC2CCNC2)cc1. The molecule has 166 valence electrons. The van der Waals surface area contributed by atoms with Crippen molar-refractivity contribution in [1.29, 1.82) is 0 Å². The van der Waals surface area contributed by atoms with Crippen LogP contribution < -0.4 is 10.0 Å². The normalized spacial score (nSPS) is 22.8. The minimum absolute atomic E-state index is 0.0243. The lowest BCUT2D eigenvalue weighted by Crippen LogP contribution is -2.36. The topological polar surface area (TPSA) is 88.2 Å². The van der Waals surface area contributed by atoms with Gasteiger partial charge in [-0.3, -0.25) is 9.78 Å². The number of aromatic nitrogens is 1. The van der Waals surface area contributed by atoms with Crippen LogP contribution in [0.15, 0.2) is 59.8 Å². The van der Waals surface area contributed by atoms with Crippen LogP contribution in [0.3, 0.4) is 0 Å². The molecule has 1 saturated heterocycles. The van der Waals surface area contributed by atoms with Crippen molar-refractivity contribution in [2.24, 2.45) is 5.92 Å². The van der Waals surface area contributed by atoms with Gasteiger partial charge in [-0.05, 0) is 54.6 Å². The number of hydrogen-bond donors (Lipinski definition) is 2. The molecule has 2 unspecified atom stereocenters. The van der Waals surface area contributed by atoms with E-state index in [1.165, 1.54) is 0 Å². The molecule has 0 bridgehead atoms. The third-order valence-corrected chi connectivity index (χ3v) is 8.20. The van der Waals surface area contributed by atoms with Gasteiger partial charge in [-0.2, -0.15) is 0 Å². The summed E-state index contributed by atoms with van der Waals surface area (Å²) >= 11 is 6.24. The van der Waals surface area contributed by atoms with Gasteiger partial charge in [0, 0.05) is 48.1 Å². The van der Waals surface area contributed by atoms with Gasteiger partial charge in [0.25, 0.3) is 0 Å². The summed E-state index contributed by atoms with van der Waals surface area (Å²) in [5.74, 6) is 0.329. The van der Waals surface area contributed by atoms with Crippen LogP contribution in [-0.2, 0) is 21.2 Å². The minimum atomic E-state index is -3.53. The van der Waals surface area contributed by atoms with E-state index in [4.69, 9.17) is 11.6 Å². The highest BCUT2D eigenvalue weighted by Gasteiger charge is 2.43. The van der Waals surface area contributed by atoms with Crippen molar-refractivity contribution in [1.82, 2.24) is 15.0 Å². The van der Waals surface area contributed by atoms with Crippen LogP contribution in [0.1, 0.15) is 29.9 Å². The number of benzene rings is 2. The predicted molar refractivity (Wildman–Crippen MR) is 124 cm³/mol. The molecule has 2 aromatic carbocycles. The fraction of sp³-hybridized carbons (Fsp3) is 0.333. The standard InChI is InChI=1S/C24H24ClN3O3S/c25-23-14-27-12-17-2-1-15(9-21(17)23)10-24(29)22-11-20(22)16-3-5-19(6-4-16)32(30,31)28-18-7-8-26-13-18/h1-6,9,12,14,18,20,22,26,28H,7-8,10-11,13H2/t18?,20?,22-/m1/s1. The summed E-state index contributed by atoms with van der Waals surface area (Å²) in [4.78, 5) is 17.2. The van der Waals surface area contributed by atoms with Crippen molar-refractivity contribution in [3.05, 3.63) is 71.0 Å². The maximum atomic E-state index is 12.8. The number of pyridine rings is 1. The minimum Gasteiger partial charge on any atom is -0.315 e. The molecule has 1 aromatic heterocycles. The number of ketones is 1. The molecule has 2 aliphatic rings. The Labute approximate surface area is 192 Å². The Bertz CT molecular complexity index is 1270. The maximum Gasteiger partial charge on any atom is 0.240 e. The number of carbonyl (C=O) groups is 1. The molecule has 32 heavy (non-hydrogen) atoms. The Hall–Kier alpha value is -2.32. The molecule has 6 nitrogen and oxygen atoms in total. The highest BCUT2D eigenvalue weighted by atomic mass is 35.5. The van der Waals surface area contributed by atoms with Crippen LogP contribution >= 0.6 is 11.6 Å². The molecule has 1 aliphatic carbocycles. The predicted octanol–water partition coefficient (Wildman–Crippen LogP) is 3.44. The number of sulfonamides is 1. The summed E-state index contributed by atoms with van der Waals surface area (Å²) in [5.41, 5.74) is 1.95. The number of rotatable bonds is 7. The molecule has 3 aromatic rings. The molecular formula is C24H24ClN3O3S. The quantitative estimate of drug-likeness (QED) is 0.553. The van der Waals surface area contributed by atoms with Crippen LogP contribution in [0.25, 0.3) is 10.8 Å². The average molecular weight is 470 g/mol. The second-order valence-corrected chi connectivity index (χ2v) is 10.8. The zero-order valence-electron chi connectivity index (χ0n) is 17.4. The lowest BCUT2D eigenvalue weighted by atomic mass is 10.0. The fourth-order valence-corrected chi connectivity index (χ4v) is 5.96. The van der Waals surface area contributed by atoms with Crippen molar-refractivity contribution >= 4 is 38.2 Å². The van der Waals surface area contributed by atoms with Gasteiger partial charge in [-0.1, -0.05) is 35.9 Å². The second-order valence-electron chi connectivity index (χ2n) is 8.65. The van der Waals surface area contributed by atoms with E-state index in [9.17, 15) is 13.2 Å². The molecular weight excluding hydrogens is 446 g/mol. The van der Waals surface area contributed by atoms with E-state index in [0.717, 1.165) is 41.3 Å². The Kier molecular flexibility index (Phi) is 5.75. The lowest BCUT2D eigenvalue weighted by molar-refractivity contribution is -0.119. The number of nitrogens with zero attached hydrogens (tertiary/aromatic N) is 1. The number of hydrogen-bond acceptors (Lipinski definition) is 5. The van der Waals surface area contributed by atoms with Gasteiger partial charge in [0.2, 0.25) is 10.0 Å². The molecule has 2 heterocycles. The van der Waals surface area contributed by atoms with Crippen molar-refractivity contribution in [2.45, 2.75) is 36.1 Å². The smallest absolute Gasteiger partial charge is 0.240 e. The average Bonchev–Trinajstić information content (AvgIpc) is 3.44. The van der Waals surface area contributed by atoms with Crippen molar-refractivity contribution in [3.63, 3.8) is 0 Å². The third kappa shape index (κ3) is 4.43. The van der Waals surface area contributed by atoms with Gasteiger partial charge >= 0.3 is 0 Å². The highest BCUT2D eigenvalue weighted by molar-refractivity contribution is 7.89. The van der Waals surface area contributed by atoms with Crippen LogP contribution in [0.2, 0.25) is 5.02 Å². The first-order valence-corrected chi connectivity index (χ1v) is 12.6. The summed E-state index contributed by atoms with van der Waals surface area (Å²) in [6.07, 6.45) is 5.32. The molecule has 0 radical (unpaired) electrons. The molecule has 1 aliphatic heterocycles. The molecule has 0 spiro atoms. The number of nitrogens with one attached hydrogen (secondary N) is 2. The van der Waals surface area contributed by atoms with Gasteiger partial charge in [0.1, 0.15) is 5.78 Å². The van der Waals surface area contributed by atoms with Crippen LogP contribution in [-0.4, -0.2) is 38.3 Å². The number of halogens is 1. The van der Waals surface area contributed by atoms with E-state index in [1.807, 2.05) is 30.3 Å². The lowest BCUT2D eigenvalue weighted by Gasteiger charge is -2.12. The Morgan fingerprint density at radius 2 is 1.97 bits per heavy atom. The summed E-state index contributed by atoms with van der Waals surface area (Å²) in [7, 11) is -3.53. The molecule has 2 fully saturated rings. The van der Waals surface area contributed by atoms with Gasteiger partial charge < -0.3 is 5.32 Å². The van der Waals surface area contributed by atoms with Crippen molar-refractivity contribution < 1.29 is 13.2 Å². The van der Waals surface area contributed by atoms with Crippen molar-refractivity contribution in [3.8, 4) is 0 Å². The van der Waals surface area contributed by atoms with Crippen molar-refractivity contribution in [2.75, 3.05) is 13.1 Å². The first-order chi connectivity index (χ1) is 15.4. The van der Waals surface area contributed by atoms with Crippen LogP contribution in [0.5, 0.6) is 0 Å². The zero-order valence-corrected chi connectivity index (χ0v) is 19.0. The first kappa shape index (κ1) is 21.5. The highest BCUT2D eigenvalue weighted by Crippen LogP contribution is 2.48. The molecule has 5 rings (SSSR count). The van der Waals surface area contributed by atoms with Gasteiger partial charge in [-0.15, -0.1) is 0 Å². The molecule has 8 heteroatoms. The molecule has 0 amide bonds. The van der Waals surface area contributed by atoms with E-state index in [-0.39, 0.29) is 28.6 Å². The number of fused-ring (bicyclic) bond motifs is 1. The van der Waals surface area contributed by atoms with Crippen LogP contribution in [0.4, 0.5) is 0 Å². The Morgan fingerprint density at radius 1 is 1.16 bits per heavy atom. The summed E-state index contributed by atoms with van der Waals surface area (Å²) in [6.45, 7) is 1.48. The van der Waals surface area contributed by atoms with E-state index < -0.39 is 10.0 Å². The maximum absolute atomic E-state index is 12.8. The largest absolute Gasteiger partial charge is 0.315 e. The number of Topliss-reactive ketones (excluding diaryl/α,β-unsaturated/α-hetero) is 1. The van der Waals surface area contributed by atoms with Gasteiger partial charge in [-0.25, -0.2) is 13.1 Å². The Morgan fingerprint density at radius 3 is 2.72 bits per heavy atom. The first-order valence-electron chi connectivity index (χ1n) is 10.8. The fourth-order valence-electron chi connectivity index (χ4n) is 4.47. The molecule has 3 atom stereocenters. The van der Waals surface area contributed by atoms with Crippen LogP contribution in [0, 0.1) is 5.92 Å². The Balaban J connectivity index is 1.23. The van der Waals surface area contributed by atoms with Gasteiger partial charge in [0.05, 0.1) is 9.92 Å². The third-order valence-electron chi connectivity index (χ3n) is 6.36. The van der Waals surface area contributed by atoms with E-state index in [1.54, 1.807) is 24.5 Å². The number of carbonyl (C=O) groups excluding carboxylic acids is 1. The monoisotopic (exact) mass is 469 g/mol. The molecule has 1 saturated carbocycles. The second kappa shape index (κ2) is 8.56.